The number of nitrogens with two attached hydrogens (primary N) is 2. The van der Waals surface area contributed by atoms with Gasteiger partial charge in [-0.15, -0.1) is 0 Å². The quantitative estimate of drug-likeness (QED) is 0.407. The van der Waals surface area contributed by atoms with Crippen molar-refractivity contribution >= 4 is 27.8 Å². The molecule has 134 valence electrons. The number of amides is 1. The second-order valence-corrected chi connectivity index (χ2v) is 7.56. The van der Waals surface area contributed by atoms with E-state index in [4.69, 9.17) is 16.3 Å². The molecule has 0 saturated heterocycles. The van der Waals surface area contributed by atoms with Crippen molar-refractivity contribution < 1.29 is 9.53 Å². The molecule has 0 spiro atoms. The van der Waals surface area contributed by atoms with E-state index < -0.39 is 5.91 Å². The number of hydrazine groups is 1. The Hall–Kier alpha value is -2.19. The zero-order valence-corrected chi connectivity index (χ0v) is 16.3. The lowest BCUT2D eigenvalue weighted by atomic mass is 9.86. The number of anilines is 1. The summed E-state index contributed by atoms with van der Waals surface area (Å²) in [6.07, 6.45) is 0. The lowest BCUT2D eigenvalue weighted by Crippen LogP contribution is -2.32. The summed E-state index contributed by atoms with van der Waals surface area (Å²) in [6, 6.07) is 5.80. The van der Waals surface area contributed by atoms with Gasteiger partial charge in [-0.3, -0.25) is 10.2 Å². The van der Waals surface area contributed by atoms with Crippen LogP contribution in [0.5, 0.6) is 5.75 Å². The molecule has 1 amide bonds. The number of aryl methyl sites for hydroxylation is 1. The maximum atomic E-state index is 12.0. The van der Waals surface area contributed by atoms with Gasteiger partial charge in [-0.05, 0) is 30.5 Å². The number of nitrogens with one attached hydrogen (secondary N) is 1. The molecule has 2 aromatic rings. The van der Waals surface area contributed by atoms with Crippen molar-refractivity contribution in [3.05, 3.63) is 45.2 Å². The molecule has 0 unspecified atom stereocenters. The molecule has 1 heterocycles. The predicted molar refractivity (Wildman–Crippen MR) is 100 cm³/mol. The highest BCUT2D eigenvalue weighted by Gasteiger charge is 2.21. The Balaban J connectivity index is 2.39. The molecule has 0 saturated carbocycles. The molecular weight excluding hydrogens is 386 g/mol. The number of ether oxygens (including phenoxy) is 1. The summed E-state index contributed by atoms with van der Waals surface area (Å²) in [7, 11) is 0. The number of benzene rings is 1. The molecule has 1 aromatic carbocycles. The third kappa shape index (κ3) is 4.46. The maximum Gasteiger partial charge on any atom is 0.269 e. The van der Waals surface area contributed by atoms with Crippen LogP contribution < -0.4 is 21.7 Å². The van der Waals surface area contributed by atoms with E-state index in [1.165, 1.54) is 0 Å². The number of hydrogen-bond acceptors (Lipinski definition) is 6. The molecule has 0 aliphatic rings. The SMILES string of the molecule is Cc1nc(N)nc(COc2ccc(Br)cc2C(C)(C)C)c1C(=O)NN. The fourth-order valence-electron chi connectivity index (χ4n) is 2.49. The maximum absolute atomic E-state index is 12.0. The third-order valence-electron chi connectivity index (χ3n) is 3.65. The molecule has 7 nitrogen and oxygen atoms in total. The Kier molecular flexibility index (Phi) is 5.64. The molecule has 0 radical (unpaired) electrons. The van der Waals surface area contributed by atoms with Gasteiger partial charge in [0.2, 0.25) is 5.95 Å². The fourth-order valence-corrected chi connectivity index (χ4v) is 2.85. The van der Waals surface area contributed by atoms with Crippen molar-refractivity contribution in [1.82, 2.24) is 15.4 Å². The van der Waals surface area contributed by atoms with Crippen molar-refractivity contribution in [2.24, 2.45) is 5.84 Å². The molecule has 0 atom stereocenters. The van der Waals surface area contributed by atoms with E-state index in [9.17, 15) is 4.79 Å². The average molecular weight is 408 g/mol. The zero-order chi connectivity index (χ0) is 18.8. The predicted octanol–water partition coefficient (Wildman–Crippen LogP) is 2.61. The Morgan fingerprint density at radius 3 is 2.60 bits per heavy atom. The Morgan fingerprint density at radius 2 is 2.00 bits per heavy atom. The van der Waals surface area contributed by atoms with E-state index in [2.05, 4.69) is 52.1 Å². The first kappa shape index (κ1) is 19.1. The van der Waals surface area contributed by atoms with E-state index >= 15 is 0 Å². The number of nitrogen functional groups attached to an aromatic ring is 2. The third-order valence-corrected chi connectivity index (χ3v) is 4.15. The van der Waals surface area contributed by atoms with Gasteiger partial charge in [-0.25, -0.2) is 15.8 Å². The number of hydrogen-bond donors (Lipinski definition) is 3. The molecule has 8 heteroatoms. The van der Waals surface area contributed by atoms with Gasteiger partial charge in [0.15, 0.2) is 0 Å². The van der Waals surface area contributed by atoms with E-state index in [1.807, 2.05) is 18.2 Å². The van der Waals surface area contributed by atoms with Gasteiger partial charge in [0.05, 0.1) is 17.0 Å². The molecule has 0 bridgehead atoms. The summed E-state index contributed by atoms with van der Waals surface area (Å²) in [6.45, 7) is 8.04. The summed E-state index contributed by atoms with van der Waals surface area (Å²) < 4.78 is 6.93. The monoisotopic (exact) mass is 407 g/mol. The molecule has 0 aliphatic carbocycles. The molecule has 0 fully saturated rings. The van der Waals surface area contributed by atoms with Crippen LogP contribution in [-0.4, -0.2) is 15.9 Å². The van der Waals surface area contributed by atoms with Gasteiger partial charge in [-0.1, -0.05) is 36.7 Å². The minimum absolute atomic E-state index is 0.0705. The minimum Gasteiger partial charge on any atom is -0.487 e. The standard InChI is InChI=1S/C17H22BrN5O2/c1-9-14(15(24)23-20)12(22-16(19)21-9)8-25-13-6-5-10(18)7-11(13)17(2,3)4/h5-7H,8,20H2,1-4H3,(H,23,24)(H2,19,21,22). The number of halogens is 1. The molecular formula is C17H22BrN5O2. The normalized spacial score (nSPS) is 11.3. The number of carbonyl (C=O) groups excluding carboxylic acids is 1. The van der Waals surface area contributed by atoms with Crippen LogP contribution in [-0.2, 0) is 12.0 Å². The molecule has 25 heavy (non-hydrogen) atoms. The van der Waals surface area contributed by atoms with Crippen molar-refractivity contribution in [3.63, 3.8) is 0 Å². The average Bonchev–Trinajstić information content (AvgIpc) is 2.51. The lowest BCUT2D eigenvalue weighted by molar-refractivity contribution is 0.0949. The van der Waals surface area contributed by atoms with Gasteiger partial charge in [0.25, 0.3) is 5.91 Å². The first-order valence-corrected chi connectivity index (χ1v) is 8.49. The first-order valence-electron chi connectivity index (χ1n) is 7.70. The van der Waals surface area contributed by atoms with Crippen LogP contribution in [0.25, 0.3) is 0 Å². The van der Waals surface area contributed by atoms with E-state index in [0.29, 0.717) is 17.1 Å². The van der Waals surface area contributed by atoms with Gasteiger partial charge >= 0.3 is 0 Å². The zero-order valence-electron chi connectivity index (χ0n) is 14.7. The number of aromatic nitrogens is 2. The van der Waals surface area contributed by atoms with Gasteiger partial charge in [-0.2, -0.15) is 0 Å². The Morgan fingerprint density at radius 1 is 1.32 bits per heavy atom. The smallest absolute Gasteiger partial charge is 0.269 e. The van der Waals surface area contributed by atoms with Gasteiger partial charge in [0, 0.05) is 10.0 Å². The fraction of sp³-hybridized carbons (Fsp3) is 0.353. The minimum atomic E-state index is -0.483. The van der Waals surface area contributed by atoms with Crippen LogP contribution >= 0.6 is 15.9 Å². The largest absolute Gasteiger partial charge is 0.487 e. The second kappa shape index (κ2) is 7.37. The lowest BCUT2D eigenvalue weighted by Gasteiger charge is -2.23. The van der Waals surface area contributed by atoms with Crippen LogP contribution in [0.2, 0.25) is 0 Å². The van der Waals surface area contributed by atoms with Crippen LogP contribution in [0, 0.1) is 6.92 Å². The number of rotatable bonds is 4. The second-order valence-electron chi connectivity index (χ2n) is 6.64. The van der Waals surface area contributed by atoms with E-state index in [1.54, 1.807) is 6.92 Å². The molecule has 5 N–H and O–H groups in total. The van der Waals surface area contributed by atoms with Crippen molar-refractivity contribution in [3.8, 4) is 5.75 Å². The highest BCUT2D eigenvalue weighted by molar-refractivity contribution is 9.10. The summed E-state index contributed by atoms with van der Waals surface area (Å²) in [5, 5.41) is 0. The summed E-state index contributed by atoms with van der Waals surface area (Å²) in [4.78, 5) is 20.2. The number of carbonyl (C=O) groups is 1. The van der Waals surface area contributed by atoms with Gasteiger partial charge in [0.1, 0.15) is 12.4 Å². The van der Waals surface area contributed by atoms with Crippen molar-refractivity contribution in [2.45, 2.75) is 39.7 Å². The van der Waals surface area contributed by atoms with E-state index in [0.717, 1.165) is 10.0 Å². The molecule has 0 aliphatic heterocycles. The van der Waals surface area contributed by atoms with Crippen LogP contribution in [0.3, 0.4) is 0 Å². The first-order chi connectivity index (χ1) is 11.6. The summed E-state index contributed by atoms with van der Waals surface area (Å²) >= 11 is 3.48. The van der Waals surface area contributed by atoms with Crippen LogP contribution in [0.15, 0.2) is 22.7 Å². The number of nitrogens with zero attached hydrogens (tertiary/aromatic N) is 2. The van der Waals surface area contributed by atoms with Crippen molar-refractivity contribution in [1.29, 1.82) is 0 Å². The van der Waals surface area contributed by atoms with Crippen LogP contribution in [0.4, 0.5) is 5.95 Å². The summed E-state index contributed by atoms with van der Waals surface area (Å²) in [5.41, 5.74) is 9.83. The highest BCUT2D eigenvalue weighted by Crippen LogP contribution is 2.34. The van der Waals surface area contributed by atoms with E-state index in [-0.39, 0.29) is 23.5 Å². The Bertz CT molecular complexity index is 802. The Labute approximate surface area is 155 Å². The molecule has 2 rings (SSSR count). The summed E-state index contributed by atoms with van der Waals surface area (Å²) in [5.74, 6) is 5.56. The van der Waals surface area contributed by atoms with Gasteiger partial charge < -0.3 is 10.5 Å². The van der Waals surface area contributed by atoms with Crippen LogP contribution in [0.1, 0.15) is 48.1 Å². The van der Waals surface area contributed by atoms with Crippen molar-refractivity contribution in [2.75, 3.05) is 5.73 Å². The topological polar surface area (TPSA) is 116 Å². The molecule has 1 aromatic heterocycles. The highest BCUT2D eigenvalue weighted by atomic mass is 79.9.